The Balaban J connectivity index is 1.57. The van der Waals surface area contributed by atoms with Crippen molar-refractivity contribution in [3.8, 4) is 0 Å². The molecular formula is C21H29N7O4. The maximum Gasteiger partial charge on any atom is 0.409 e. The molecule has 3 heterocycles. The second-order valence-electron chi connectivity index (χ2n) is 7.57. The van der Waals surface area contributed by atoms with Gasteiger partial charge in [0.2, 0.25) is 11.8 Å². The second kappa shape index (κ2) is 10.1. The summed E-state index contributed by atoms with van der Waals surface area (Å²) in [5.74, 6) is -0.393. The predicted octanol–water partition coefficient (Wildman–Crippen LogP) is 1.44. The third kappa shape index (κ3) is 5.54. The standard InChI is InChI=1S/C21H29N7O4/c1-5-32-21(31)27-10-8-26(9-11-27)20(30)16(3)28-14-18(15(2)24-28)23-19(29)7-6-17-12-22-25(4)13-17/h6-7,12-14,16H,5,8-11H2,1-4H3,(H,23,29)/b7-6+. The predicted molar refractivity (Wildman–Crippen MR) is 118 cm³/mol. The minimum absolute atomic E-state index is 0.0923. The number of carbonyl (C=O) groups is 3. The molecule has 1 unspecified atom stereocenters. The number of nitrogens with one attached hydrogen (secondary N) is 1. The van der Waals surface area contributed by atoms with Crippen molar-refractivity contribution >= 4 is 29.7 Å². The van der Waals surface area contributed by atoms with E-state index in [0.29, 0.717) is 44.2 Å². The summed E-state index contributed by atoms with van der Waals surface area (Å²) in [5, 5.41) is 11.2. The van der Waals surface area contributed by atoms with Crippen LogP contribution in [0, 0.1) is 6.92 Å². The topological polar surface area (TPSA) is 115 Å². The molecule has 0 aliphatic carbocycles. The molecule has 2 aromatic rings. The van der Waals surface area contributed by atoms with E-state index in [2.05, 4.69) is 15.5 Å². The van der Waals surface area contributed by atoms with Gasteiger partial charge in [-0.1, -0.05) is 0 Å². The minimum atomic E-state index is -0.542. The van der Waals surface area contributed by atoms with Gasteiger partial charge in [-0.3, -0.25) is 19.0 Å². The lowest BCUT2D eigenvalue weighted by Gasteiger charge is -2.35. The number of hydrogen-bond donors (Lipinski definition) is 1. The van der Waals surface area contributed by atoms with Crippen LogP contribution in [0.15, 0.2) is 24.7 Å². The van der Waals surface area contributed by atoms with Gasteiger partial charge in [0.05, 0.1) is 24.2 Å². The molecule has 0 radical (unpaired) electrons. The molecule has 172 valence electrons. The van der Waals surface area contributed by atoms with Gasteiger partial charge in [-0.15, -0.1) is 0 Å². The molecule has 1 N–H and O–H groups in total. The van der Waals surface area contributed by atoms with Gasteiger partial charge in [0, 0.05) is 57.3 Å². The summed E-state index contributed by atoms with van der Waals surface area (Å²) >= 11 is 0. The Labute approximate surface area is 186 Å². The fourth-order valence-corrected chi connectivity index (χ4v) is 3.38. The first-order valence-electron chi connectivity index (χ1n) is 10.5. The summed E-state index contributed by atoms with van der Waals surface area (Å²) in [6.07, 6.45) is 7.85. The molecule has 3 rings (SSSR count). The van der Waals surface area contributed by atoms with Crippen LogP contribution in [0.3, 0.4) is 0 Å². The Morgan fingerprint density at radius 2 is 1.88 bits per heavy atom. The van der Waals surface area contributed by atoms with Crippen molar-refractivity contribution in [2.24, 2.45) is 7.05 Å². The minimum Gasteiger partial charge on any atom is -0.450 e. The van der Waals surface area contributed by atoms with Crippen LogP contribution in [-0.2, 0) is 21.4 Å². The van der Waals surface area contributed by atoms with Gasteiger partial charge in [-0.25, -0.2) is 4.79 Å². The molecule has 0 spiro atoms. The zero-order valence-electron chi connectivity index (χ0n) is 18.8. The van der Waals surface area contributed by atoms with Crippen molar-refractivity contribution in [1.82, 2.24) is 29.4 Å². The zero-order valence-corrected chi connectivity index (χ0v) is 18.8. The van der Waals surface area contributed by atoms with E-state index in [4.69, 9.17) is 4.74 Å². The second-order valence-corrected chi connectivity index (χ2v) is 7.57. The first kappa shape index (κ1) is 23.0. The number of aromatic nitrogens is 4. The first-order valence-corrected chi connectivity index (χ1v) is 10.5. The van der Waals surface area contributed by atoms with E-state index in [-0.39, 0.29) is 17.9 Å². The van der Waals surface area contributed by atoms with Crippen molar-refractivity contribution in [2.45, 2.75) is 26.8 Å². The molecule has 1 atom stereocenters. The Bertz CT molecular complexity index is 1000. The lowest BCUT2D eigenvalue weighted by molar-refractivity contribution is -0.136. The Morgan fingerprint density at radius 3 is 2.50 bits per heavy atom. The molecule has 0 saturated carbocycles. The highest BCUT2D eigenvalue weighted by Gasteiger charge is 2.28. The van der Waals surface area contributed by atoms with E-state index in [1.54, 1.807) is 71.6 Å². The quantitative estimate of drug-likeness (QED) is 0.676. The van der Waals surface area contributed by atoms with Crippen LogP contribution in [0.5, 0.6) is 0 Å². The number of aryl methyl sites for hydroxylation is 2. The number of carbonyl (C=O) groups excluding carboxylic acids is 3. The average Bonchev–Trinajstić information content (AvgIpc) is 3.36. The summed E-state index contributed by atoms with van der Waals surface area (Å²) < 4.78 is 8.22. The Morgan fingerprint density at radius 1 is 1.19 bits per heavy atom. The number of anilines is 1. The highest BCUT2D eigenvalue weighted by molar-refractivity contribution is 6.02. The van der Waals surface area contributed by atoms with Gasteiger partial charge in [0.15, 0.2) is 0 Å². The maximum absolute atomic E-state index is 12.9. The monoisotopic (exact) mass is 443 g/mol. The highest BCUT2D eigenvalue weighted by atomic mass is 16.6. The molecule has 1 aliphatic rings. The van der Waals surface area contributed by atoms with Crippen molar-refractivity contribution < 1.29 is 19.1 Å². The van der Waals surface area contributed by atoms with Crippen molar-refractivity contribution in [3.05, 3.63) is 35.9 Å². The summed E-state index contributed by atoms with van der Waals surface area (Å²) in [6.45, 7) is 7.35. The zero-order chi connectivity index (χ0) is 23.3. The number of hydrogen-bond acceptors (Lipinski definition) is 6. The van der Waals surface area contributed by atoms with Crippen LogP contribution in [0.25, 0.3) is 6.08 Å². The van der Waals surface area contributed by atoms with E-state index in [1.807, 2.05) is 0 Å². The van der Waals surface area contributed by atoms with Gasteiger partial charge in [0.25, 0.3) is 0 Å². The van der Waals surface area contributed by atoms with E-state index < -0.39 is 6.04 Å². The Kier molecular flexibility index (Phi) is 7.29. The smallest absolute Gasteiger partial charge is 0.409 e. The van der Waals surface area contributed by atoms with Gasteiger partial charge >= 0.3 is 6.09 Å². The van der Waals surface area contributed by atoms with Crippen molar-refractivity contribution in [2.75, 3.05) is 38.1 Å². The largest absolute Gasteiger partial charge is 0.450 e. The van der Waals surface area contributed by atoms with Crippen LogP contribution in [0.1, 0.15) is 31.1 Å². The third-order valence-corrected chi connectivity index (χ3v) is 5.20. The molecular weight excluding hydrogens is 414 g/mol. The molecule has 1 fully saturated rings. The summed E-state index contributed by atoms with van der Waals surface area (Å²) in [6, 6.07) is -0.542. The molecule has 11 heteroatoms. The fraction of sp³-hybridized carbons (Fsp3) is 0.476. The van der Waals surface area contributed by atoms with E-state index in [0.717, 1.165) is 5.56 Å². The highest BCUT2D eigenvalue weighted by Crippen LogP contribution is 2.19. The lowest BCUT2D eigenvalue weighted by Crippen LogP contribution is -2.52. The van der Waals surface area contributed by atoms with Gasteiger partial charge in [-0.05, 0) is 26.8 Å². The first-order chi connectivity index (χ1) is 15.3. The van der Waals surface area contributed by atoms with Crippen molar-refractivity contribution in [3.63, 3.8) is 0 Å². The van der Waals surface area contributed by atoms with E-state index >= 15 is 0 Å². The SMILES string of the molecule is CCOC(=O)N1CCN(C(=O)C(C)n2cc(NC(=O)/C=C/c3cnn(C)c3)c(C)n2)CC1. The van der Waals surface area contributed by atoms with Crippen molar-refractivity contribution in [1.29, 1.82) is 0 Å². The normalized spacial score (nSPS) is 15.1. The van der Waals surface area contributed by atoms with Gasteiger partial charge in [0.1, 0.15) is 6.04 Å². The lowest BCUT2D eigenvalue weighted by atomic mass is 10.2. The van der Waals surface area contributed by atoms with Crippen LogP contribution >= 0.6 is 0 Å². The molecule has 0 aromatic carbocycles. The van der Waals surface area contributed by atoms with Crippen LogP contribution in [-0.4, -0.2) is 80.1 Å². The molecule has 1 aliphatic heterocycles. The average molecular weight is 444 g/mol. The molecule has 1 saturated heterocycles. The summed E-state index contributed by atoms with van der Waals surface area (Å²) in [7, 11) is 1.80. The van der Waals surface area contributed by atoms with Crippen LogP contribution in [0.2, 0.25) is 0 Å². The number of ether oxygens (including phenoxy) is 1. The fourth-order valence-electron chi connectivity index (χ4n) is 3.38. The number of amides is 3. The van der Waals surface area contributed by atoms with Crippen LogP contribution < -0.4 is 5.32 Å². The third-order valence-electron chi connectivity index (χ3n) is 5.20. The maximum atomic E-state index is 12.9. The van der Waals surface area contributed by atoms with Gasteiger partial charge < -0.3 is 19.9 Å². The van der Waals surface area contributed by atoms with E-state index in [9.17, 15) is 14.4 Å². The van der Waals surface area contributed by atoms with E-state index in [1.165, 1.54) is 6.08 Å². The molecule has 32 heavy (non-hydrogen) atoms. The Hall–Kier alpha value is -3.63. The number of piperazine rings is 1. The number of nitrogens with zero attached hydrogens (tertiary/aromatic N) is 6. The molecule has 0 bridgehead atoms. The van der Waals surface area contributed by atoms with Gasteiger partial charge in [-0.2, -0.15) is 10.2 Å². The molecule has 2 aromatic heterocycles. The summed E-state index contributed by atoms with van der Waals surface area (Å²) in [5.41, 5.74) is 1.97. The molecule has 3 amide bonds. The van der Waals surface area contributed by atoms with Crippen LogP contribution in [0.4, 0.5) is 10.5 Å². The number of rotatable bonds is 6. The molecule has 11 nitrogen and oxygen atoms in total. The summed E-state index contributed by atoms with van der Waals surface area (Å²) in [4.78, 5) is 40.3.